The first-order valence-electron chi connectivity index (χ1n) is 7.61. The molecule has 0 radical (unpaired) electrons. The number of rotatable bonds is 2. The molecule has 2 aliphatic rings. The number of amides is 1. The van der Waals surface area contributed by atoms with Crippen molar-refractivity contribution in [2.24, 2.45) is 0 Å². The van der Waals surface area contributed by atoms with Gasteiger partial charge in [-0.2, -0.15) is 0 Å². The molecule has 1 aromatic carbocycles. The molecule has 1 saturated heterocycles. The van der Waals surface area contributed by atoms with Gasteiger partial charge in [0.25, 0.3) is 5.91 Å². The number of phenols is 1. The number of hydrogen-bond donors (Lipinski definition) is 1. The van der Waals surface area contributed by atoms with E-state index in [1.165, 1.54) is 5.56 Å². The van der Waals surface area contributed by atoms with Gasteiger partial charge in [-0.15, -0.1) is 0 Å². The van der Waals surface area contributed by atoms with Gasteiger partial charge in [-0.1, -0.05) is 13.0 Å². The topological polar surface area (TPSA) is 53.0 Å². The van der Waals surface area contributed by atoms with E-state index < -0.39 is 0 Å². The summed E-state index contributed by atoms with van der Waals surface area (Å²) in [5.74, 6) is 0.330. The highest BCUT2D eigenvalue weighted by Gasteiger charge is 2.31. The second kappa shape index (κ2) is 6.03. The summed E-state index contributed by atoms with van der Waals surface area (Å²) in [6.45, 7) is 6.54. The fourth-order valence-corrected chi connectivity index (χ4v) is 3.07. The summed E-state index contributed by atoms with van der Waals surface area (Å²) in [4.78, 5) is 16.7. The van der Waals surface area contributed by atoms with Crippen molar-refractivity contribution >= 4 is 5.91 Å². The molecular weight excluding hydrogens is 268 g/mol. The van der Waals surface area contributed by atoms with Crippen molar-refractivity contribution in [2.75, 3.05) is 32.8 Å². The van der Waals surface area contributed by atoms with Crippen LogP contribution in [0.3, 0.4) is 0 Å². The van der Waals surface area contributed by atoms with Crippen LogP contribution < -0.4 is 0 Å². The molecule has 5 heteroatoms. The van der Waals surface area contributed by atoms with Crippen molar-refractivity contribution in [1.29, 1.82) is 0 Å². The number of benzene rings is 1. The van der Waals surface area contributed by atoms with Crippen LogP contribution in [0.5, 0.6) is 5.75 Å². The molecule has 2 heterocycles. The maximum atomic E-state index is 12.6. The van der Waals surface area contributed by atoms with Crippen molar-refractivity contribution in [1.82, 2.24) is 9.80 Å². The minimum atomic E-state index is -0.349. The van der Waals surface area contributed by atoms with E-state index in [1.807, 2.05) is 11.0 Å². The van der Waals surface area contributed by atoms with Gasteiger partial charge in [0, 0.05) is 26.2 Å². The van der Waals surface area contributed by atoms with Gasteiger partial charge >= 0.3 is 0 Å². The number of carbonyl (C=O) groups excluding carboxylic acids is 1. The largest absolute Gasteiger partial charge is 0.508 e. The Bertz CT molecular complexity index is 532. The number of morpholine rings is 1. The van der Waals surface area contributed by atoms with Crippen LogP contribution in [0.2, 0.25) is 0 Å². The van der Waals surface area contributed by atoms with Crippen molar-refractivity contribution in [3.8, 4) is 5.75 Å². The van der Waals surface area contributed by atoms with Crippen LogP contribution in [0.25, 0.3) is 0 Å². The Morgan fingerprint density at radius 1 is 1.38 bits per heavy atom. The third kappa shape index (κ3) is 3.04. The van der Waals surface area contributed by atoms with Crippen LogP contribution in [0.1, 0.15) is 18.1 Å². The smallest absolute Gasteiger partial charge is 0.253 e. The lowest BCUT2D eigenvalue weighted by molar-refractivity contribution is -0.150. The molecule has 1 fully saturated rings. The molecule has 1 amide bonds. The van der Waals surface area contributed by atoms with Crippen molar-refractivity contribution < 1.29 is 14.6 Å². The van der Waals surface area contributed by atoms with Crippen LogP contribution in [0.15, 0.2) is 18.2 Å². The average Bonchev–Trinajstić information content (AvgIpc) is 2.53. The zero-order valence-corrected chi connectivity index (χ0v) is 12.4. The Morgan fingerprint density at radius 3 is 3.05 bits per heavy atom. The number of aromatic hydroxyl groups is 1. The Balaban J connectivity index is 1.69. The van der Waals surface area contributed by atoms with Gasteiger partial charge in [-0.05, 0) is 36.2 Å². The SMILES string of the molecule is CCN1CCO[C@@H](C(=O)N2CCc3ccc(O)cc3C2)C1. The first-order chi connectivity index (χ1) is 10.2. The zero-order valence-electron chi connectivity index (χ0n) is 12.4. The normalized spacial score (nSPS) is 22.9. The van der Waals surface area contributed by atoms with E-state index in [-0.39, 0.29) is 17.8 Å². The molecule has 0 aliphatic carbocycles. The minimum absolute atomic E-state index is 0.0714. The Kier molecular flexibility index (Phi) is 4.12. The van der Waals surface area contributed by atoms with Crippen LogP contribution >= 0.6 is 0 Å². The lowest BCUT2D eigenvalue weighted by Gasteiger charge is -2.36. The fraction of sp³-hybridized carbons (Fsp3) is 0.562. The highest BCUT2D eigenvalue weighted by molar-refractivity contribution is 5.81. The third-order valence-corrected chi connectivity index (χ3v) is 4.39. The summed E-state index contributed by atoms with van der Waals surface area (Å²) < 4.78 is 5.65. The molecule has 0 aromatic heterocycles. The van der Waals surface area contributed by atoms with Gasteiger partial charge in [0.15, 0.2) is 0 Å². The molecule has 0 unspecified atom stereocenters. The maximum absolute atomic E-state index is 12.6. The Labute approximate surface area is 125 Å². The molecule has 3 rings (SSSR count). The number of nitrogens with zero attached hydrogens (tertiary/aromatic N) is 2. The number of carbonyl (C=O) groups is 1. The summed E-state index contributed by atoms with van der Waals surface area (Å²) in [5, 5.41) is 9.59. The molecule has 0 bridgehead atoms. The zero-order chi connectivity index (χ0) is 14.8. The average molecular weight is 290 g/mol. The number of likely N-dealkylation sites (N-methyl/N-ethyl adjacent to an activating group) is 1. The van der Waals surface area contributed by atoms with E-state index in [0.29, 0.717) is 19.7 Å². The van der Waals surface area contributed by atoms with Gasteiger partial charge in [0.1, 0.15) is 11.9 Å². The number of phenolic OH excluding ortho intramolecular Hbond substituents is 1. The lowest BCUT2D eigenvalue weighted by atomic mass is 9.99. The Hall–Kier alpha value is -1.59. The van der Waals surface area contributed by atoms with Gasteiger partial charge < -0.3 is 14.7 Å². The van der Waals surface area contributed by atoms with Crippen molar-refractivity contribution in [2.45, 2.75) is 26.0 Å². The quantitative estimate of drug-likeness (QED) is 0.883. The monoisotopic (exact) mass is 290 g/mol. The van der Waals surface area contributed by atoms with Gasteiger partial charge in [-0.25, -0.2) is 0 Å². The third-order valence-electron chi connectivity index (χ3n) is 4.39. The minimum Gasteiger partial charge on any atom is -0.508 e. The predicted octanol–water partition coefficient (Wildman–Crippen LogP) is 0.998. The highest BCUT2D eigenvalue weighted by atomic mass is 16.5. The lowest BCUT2D eigenvalue weighted by Crippen LogP contribution is -2.51. The van der Waals surface area contributed by atoms with Crippen LogP contribution in [0, 0.1) is 0 Å². The van der Waals surface area contributed by atoms with E-state index in [0.717, 1.165) is 31.6 Å². The van der Waals surface area contributed by atoms with Crippen LogP contribution in [-0.4, -0.2) is 59.7 Å². The van der Waals surface area contributed by atoms with Crippen molar-refractivity contribution in [3.63, 3.8) is 0 Å². The van der Waals surface area contributed by atoms with E-state index in [9.17, 15) is 9.90 Å². The number of fused-ring (bicyclic) bond motifs is 1. The number of hydrogen-bond acceptors (Lipinski definition) is 4. The standard InChI is InChI=1S/C16H22N2O3/c1-2-17-7-8-21-15(11-17)16(20)18-6-5-12-3-4-14(19)9-13(12)10-18/h3-4,9,15,19H,2,5-8,10-11H2,1H3/t15-/m1/s1. The summed E-state index contributed by atoms with van der Waals surface area (Å²) in [6, 6.07) is 5.41. The number of ether oxygens (including phenoxy) is 1. The van der Waals surface area contributed by atoms with Gasteiger partial charge in [0.05, 0.1) is 6.61 Å². The van der Waals surface area contributed by atoms with Gasteiger partial charge in [-0.3, -0.25) is 9.69 Å². The summed E-state index contributed by atoms with van der Waals surface area (Å²) in [7, 11) is 0. The second-order valence-electron chi connectivity index (χ2n) is 5.72. The molecule has 5 nitrogen and oxygen atoms in total. The van der Waals surface area contributed by atoms with E-state index in [2.05, 4.69) is 11.8 Å². The van der Waals surface area contributed by atoms with Crippen molar-refractivity contribution in [3.05, 3.63) is 29.3 Å². The van der Waals surface area contributed by atoms with Gasteiger partial charge in [0.2, 0.25) is 0 Å². The first kappa shape index (κ1) is 14.4. The Morgan fingerprint density at radius 2 is 2.24 bits per heavy atom. The summed E-state index contributed by atoms with van der Waals surface area (Å²) >= 11 is 0. The molecule has 0 spiro atoms. The van der Waals surface area contributed by atoms with E-state index in [1.54, 1.807) is 12.1 Å². The highest BCUT2D eigenvalue weighted by Crippen LogP contribution is 2.24. The second-order valence-corrected chi connectivity index (χ2v) is 5.72. The molecule has 1 atom stereocenters. The molecular formula is C16H22N2O3. The summed E-state index contributed by atoms with van der Waals surface area (Å²) in [6.07, 6.45) is 0.489. The maximum Gasteiger partial charge on any atom is 0.253 e. The molecule has 1 N–H and O–H groups in total. The van der Waals surface area contributed by atoms with Crippen LogP contribution in [0.4, 0.5) is 0 Å². The van der Waals surface area contributed by atoms with E-state index in [4.69, 9.17) is 4.74 Å². The fourth-order valence-electron chi connectivity index (χ4n) is 3.07. The van der Waals surface area contributed by atoms with E-state index >= 15 is 0 Å². The molecule has 2 aliphatic heterocycles. The molecule has 114 valence electrons. The van der Waals surface area contributed by atoms with Crippen LogP contribution in [-0.2, 0) is 22.5 Å². The first-order valence-corrected chi connectivity index (χ1v) is 7.61. The molecule has 21 heavy (non-hydrogen) atoms. The molecule has 1 aromatic rings. The molecule has 0 saturated carbocycles. The summed E-state index contributed by atoms with van der Waals surface area (Å²) in [5.41, 5.74) is 2.26. The predicted molar refractivity (Wildman–Crippen MR) is 79.1 cm³/mol.